The first-order valence-corrected chi connectivity index (χ1v) is 6.10. The summed E-state index contributed by atoms with van der Waals surface area (Å²) in [7, 11) is 0. The summed E-state index contributed by atoms with van der Waals surface area (Å²) in [5.74, 6) is -0.240. The molecule has 0 radical (unpaired) electrons. The molecule has 2 aromatic rings. The maximum Gasteiger partial charge on any atom is 0.253 e. The number of benzene rings is 1. The Bertz CT molecular complexity index is 538. The molecule has 0 spiro atoms. The van der Waals surface area contributed by atoms with Gasteiger partial charge in [-0.3, -0.25) is 9.78 Å². The normalized spacial score (nSPS) is 11.9. The zero-order valence-corrected chi connectivity index (χ0v) is 10.7. The standard InChI is InChI=1S/C15H16N2O2/c1-11-7-8-13(9-16-11)15(19)17-14(10-18)12-5-3-2-4-6-12/h2-9,14,18H,10H2,1H3,(H,17,19)/t14-/m0/s1. The molecule has 0 fully saturated rings. The second-order valence-corrected chi connectivity index (χ2v) is 4.31. The first-order valence-electron chi connectivity index (χ1n) is 6.10. The van der Waals surface area contributed by atoms with Crippen LogP contribution in [0.3, 0.4) is 0 Å². The van der Waals surface area contributed by atoms with E-state index in [2.05, 4.69) is 10.3 Å². The van der Waals surface area contributed by atoms with Crippen molar-refractivity contribution in [3.63, 3.8) is 0 Å². The van der Waals surface area contributed by atoms with Gasteiger partial charge in [-0.2, -0.15) is 0 Å². The molecule has 1 heterocycles. The average molecular weight is 256 g/mol. The fraction of sp³-hybridized carbons (Fsp3) is 0.200. The largest absolute Gasteiger partial charge is 0.394 e. The fourth-order valence-corrected chi connectivity index (χ4v) is 1.76. The van der Waals surface area contributed by atoms with Crippen LogP contribution in [0.2, 0.25) is 0 Å². The lowest BCUT2D eigenvalue weighted by atomic mass is 10.1. The Hall–Kier alpha value is -2.20. The van der Waals surface area contributed by atoms with E-state index in [1.165, 1.54) is 6.20 Å². The van der Waals surface area contributed by atoms with Crippen molar-refractivity contribution in [2.45, 2.75) is 13.0 Å². The fourth-order valence-electron chi connectivity index (χ4n) is 1.76. The summed E-state index contributed by atoms with van der Waals surface area (Å²) in [6.07, 6.45) is 1.53. The van der Waals surface area contributed by atoms with Gasteiger partial charge in [0, 0.05) is 11.9 Å². The van der Waals surface area contributed by atoms with Gasteiger partial charge in [0.2, 0.25) is 0 Å². The van der Waals surface area contributed by atoms with Crippen LogP contribution in [-0.2, 0) is 0 Å². The summed E-state index contributed by atoms with van der Waals surface area (Å²) in [4.78, 5) is 16.1. The number of rotatable bonds is 4. The Morgan fingerprint density at radius 3 is 2.58 bits per heavy atom. The summed E-state index contributed by atoms with van der Waals surface area (Å²) >= 11 is 0. The van der Waals surface area contributed by atoms with E-state index in [1.54, 1.807) is 12.1 Å². The Morgan fingerprint density at radius 1 is 1.26 bits per heavy atom. The van der Waals surface area contributed by atoms with Crippen LogP contribution in [0.25, 0.3) is 0 Å². The molecule has 2 rings (SSSR count). The quantitative estimate of drug-likeness (QED) is 0.877. The molecular formula is C15H16N2O2. The second kappa shape index (κ2) is 6.11. The minimum absolute atomic E-state index is 0.144. The Morgan fingerprint density at radius 2 is 2.00 bits per heavy atom. The predicted octanol–water partition coefficient (Wildman–Crippen LogP) is 1.85. The van der Waals surface area contributed by atoms with Crippen LogP contribution < -0.4 is 5.32 Å². The van der Waals surface area contributed by atoms with Gasteiger partial charge >= 0.3 is 0 Å². The number of aliphatic hydroxyl groups excluding tert-OH is 1. The van der Waals surface area contributed by atoms with E-state index in [9.17, 15) is 9.90 Å². The van der Waals surface area contributed by atoms with E-state index in [-0.39, 0.29) is 12.5 Å². The molecule has 1 amide bonds. The Kier molecular flexibility index (Phi) is 4.26. The molecule has 1 atom stereocenters. The maximum atomic E-state index is 12.0. The average Bonchev–Trinajstić information content (AvgIpc) is 2.46. The maximum absolute atomic E-state index is 12.0. The minimum Gasteiger partial charge on any atom is -0.394 e. The number of nitrogens with zero attached hydrogens (tertiary/aromatic N) is 1. The molecule has 0 aliphatic rings. The third-order valence-corrected chi connectivity index (χ3v) is 2.86. The first kappa shape index (κ1) is 13.2. The topological polar surface area (TPSA) is 62.2 Å². The number of aromatic nitrogens is 1. The highest BCUT2D eigenvalue weighted by Crippen LogP contribution is 2.12. The van der Waals surface area contributed by atoms with Gasteiger partial charge in [0.25, 0.3) is 5.91 Å². The van der Waals surface area contributed by atoms with Crippen molar-refractivity contribution in [3.8, 4) is 0 Å². The van der Waals surface area contributed by atoms with Gasteiger partial charge in [-0.1, -0.05) is 30.3 Å². The van der Waals surface area contributed by atoms with Gasteiger partial charge in [0.15, 0.2) is 0 Å². The summed E-state index contributed by atoms with van der Waals surface area (Å²) in [6, 6.07) is 12.5. The van der Waals surface area contributed by atoms with Crippen LogP contribution in [0, 0.1) is 6.92 Å². The zero-order valence-electron chi connectivity index (χ0n) is 10.7. The van der Waals surface area contributed by atoms with E-state index >= 15 is 0 Å². The van der Waals surface area contributed by atoms with Crippen LogP contribution >= 0.6 is 0 Å². The number of aliphatic hydroxyl groups is 1. The number of pyridine rings is 1. The lowest BCUT2D eigenvalue weighted by Gasteiger charge is -2.16. The molecule has 4 heteroatoms. The molecule has 0 saturated heterocycles. The number of carbonyl (C=O) groups excluding carboxylic acids is 1. The minimum atomic E-state index is -0.407. The second-order valence-electron chi connectivity index (χ2n) is 4.31. The van der Waals surface area contributed by atoms with Crippen molar-refractivity contribution in [3.05, 3.63) is 65.5 Å². The number of aryl methyl sites for hydroxylation is 1. The number of nitrogens with one attached hydrogen (secondary N) is 1. The van der Waals surface area contributed by atoms with Crippen LogP contribution in [-0.4, -0.2) is 22.6 Å². The number of carbonyl (C=O) groups is 1. The Balaban J connectivity index is 2.10. The monoisotopic (exact) mass is 256 g/mol. The summed E-state index contributed by atoms with van der Waals surface area (Å²) in [6.45, 7) is 1.72. The van der Waals surface area contributed by atoms with Crippen LogP contribution in [0.15, 0.2) is 48.7 Å². The van der Waals surface area contributed by atoms with Crippen molar-refractivity contribution in [2.24, 2.45) is 0 Å². The summed E-state index contributed by atoms with van der Waals surface area (Å²) in [5, 5.41) is 12.2. The molecule has 98 valence electrons. The van der Waals surface area contributed by atoms with Gasteiger partial charge in [-0.05, 0) is 24.6 Å². The molecule has 0 saturated carbocycles. The lowest BCUT2D eigenvalue weighted by molar-refractivity contribution is 0.0916. The smallest absolute Gasteiger partial charge is 0.253 e. The van der Waals surface area contributed by atoms with Crippen molar-refractivity contribution >= 4 is 5.91 Å². The molecule has 1 aromatic heterocycles. The van der Waals surface area contributed by atoms with Crippen molar-refractivity contribution in [2.75, 3.05) is 6.61 Å². The summed E-state index contributed by atoms with van der Waals surface area (Å²) in [5.41, 5.74) is 2.22. The van der Waals surface area contributed by atoms with Crippen molar-refractivity contribution in [1.82, 2.24) is 10.3 Å². The van der Waals surface area contributed by atoms with E-state index in [0.717, 1.165) is 11.3 Å². The van der Waals surface area contributed by atoms with E-state index in [0.29, 0.717) is 5.56 Å². The third kappa shape index (κ3) is 3.39. The molecule has 2 N–H and O–H groups in total. The molecule has 4 nitrogen and oxygen atoms in total. The van der Waals surface area contributed by atoms with Gasteiger partial charge in [-0.15, -0.1) is 0 Å². The number of hydrogen-bond acceptors (Lipinski definition) is 3. The SMILES string of the molecule is Cc1ccc(C(=O)N[C@@H](CO)c2ccccc2)cn1. The first-order chi connectivity index (χ1) is 9.20. The van der Waals surface area contributed by atoms with Crippen molar-refractivity contribution in [1.29, 1.82) is 0 Å². The number of amides is 1. The van der Waals surface area contributed by atoms with Crippen molar-refractivity contribution < 1.29 is 9.90 Å². The van der Waals surface area contributed by atoms with Crippen LogP contribution in [0.4, 0.5) is 0 Å². The van der Waals surface area contributed by atoms with Crippen LogP contribution in [0.1, 0.15) is 27.7 Å². The molecule has 0 unspecified atom stereocenters. The highest BCUT2D eigenvalue weighted by molar-refractivity contribution is 5.94. The van der Waals surface area contributed by atoms with Gasteiger partial charge in [-0.25, -0.2) is 0 Å². The predicted molar refractivity (Wildman–Crippen MR) is 72.7 cm³/mol. The molecule has 19 heavy (non-hydrogen) atoms. The van der Waals surface area contributed by atoms with Gasteiger partial charge in [0.1, 0.15) is 0 Å². The molecule has 0 bridgehead atoms. The molecule has 0 aliphatic carbocycles. The molecule has 0 aliphatic heterocycles. The van der Waals surface area contributed by atoms with E-state index in [4.69, 9.17) is 0 Å². The van der Waals surface area contributed by atoms with Crippen LogP contribution in [0.5, 0.6) is 0 Å². The highest BCUT2D eigenvalue weighted by atomic mass is 16.3. The van der Waals surface area contributed by atoms with E-state index < -0.39 is 6.04 Å². The zero-order chi connectivity index (χ0) is 13.7. The number of hydrogen-bond donors (Lipinski definition) is 2. The molecule has 1 aromatic carbocycles. The summed E-state index contributed by atoms with van der Waals surface area (Å²) < 4.78 is 0. The van der Waals surface area contributed by atoms with Gasteiger partial charge < -0.3 is 10.4 Å². The Labute approximate surface area is 112 Å². The third-order valence-electron chi connectivity index (χ3n) is 2.86. The molecular weight excluding hydrogens is 240 g/mol. The highest BCUT2D eigenvalue weighted by Gasteiger charge is 2.14. The lowest BCUT2D eigenvalue weighted by Crippen LogP contribution is -2.30. The van der Waals surface area contributed by atoms with E-state index in [1.807, 2.05) is 37.3 Å². The van der Waals surface area contributed by atoms with Gasteiger partial charge in [0.05, 0.1) is 18.2 Å².